The Morgan fingerprint density at radius 3 is 2.63 bits per heavy atom. The molecule has 1 unspecified atom stereocenters. The number of amides is 1. The second-order valence-electron chi connectivity index (χ2n) is 7.92. The summed E-state index contributed by atoms with van der Waals surface area (Å²) in [5.41, 5.74) is 2.34. The SMILES string of the molecule is CC(C)c1ccccc1NC(=O)C1CCCN(S(=O)(=O)Cc2ccc(Cl)cc2Cl)C1. The van der Waals surface area contributed by atoms with Crippen molar-refractivity contribution in [3.05, 3.63) is 63.6 Å². The molecule has 1 amide bonds. The zero-order valence-electron chi connectivity index (χ0n) is 17.1. The molecule has 162 valence electrons. The number of nitrogens with zero attached hydrogens (tertiary/aromatic N) is 1. The molecular weight excluding hydrogens is 443 g/mol. The normalized spacial score (nSPS) is 17.8. The van der Waals surface area contributed by atoms with E-state index in [1.807, 2.05) is 24.3 Å². The van der Waals surface area contributed by atoms with Crippen molar-refractivity contribution in [2.45, 2.75) is 38.4 Å². The monoisotopic (exact) mass is 468 g/mol. The third-order valence-electron chi connectivity index (χ3n) is 5.34. The molecule has 1 heterocycles. The fraction of sp³-hybridized carbons (Fsp3) is 0.409. The number of nitrogens with one attached hydrogen (secondary N) is 1. The minimum absolute atomic E-state index is 0.146. The average Bonchev–Trinajstić information content (AvgIpc) is 2.70. The summed E-state index contributed by atoms with van der Waals surface area (Å²) in [5, 5.41) is 3.78. The average molecular weight is 469 g/mol. The Labute approximate surface area is 188 Å². The second kappa shape index (κ2) is 9.69. The van der Waals surface area contributed by atoms with Gasteiger partial charge in [-0.05, 0) is 48.1 Å². The predicted octanol–water partition coefficient (Wildman–Crippen LogP) is 5.30. The van der Waals surface area contributed by atoms with Gasteiger partial charge in [0.2, 0.25) is 15.9 Å². The minimum atomic E-state index is -3.61. The molecule has 8 heteroatoms. The highest BCUT2D eigenvalue weighted by atomic mass is 35.5. The first-order valence-electron chi connectivity index (χ1n) is 9.99. The van der Waals surface area contributed by atoms with Crippen LogP contribution in [0.5, 0.6) is 0 Å². The van der Waals surface area contributed by atoms with Gasteiger partial charge in [0.05, 0.1) is 11.7 Å². The van der Waals surface area contributed by atoms with E-state index in [9.17, 15) is 13.2 Å². The third-order valence-corrected chi connectivity index (χ3v) is 7.72. The lowest BCUT2D eigenvalue weighted by Crippen LogP contribution is -2.44. The van der Waals surface area contributed by atoms with Crippen molar-refractivity contribution in [2.75, 3.05) is 18.4 Å². The number of benzene rings is 2. The maximum Gasteiger partial charge on any atom is 0.228 e. The van der Waals surface area contributed by atoms with Crippen molar-refractivity contribution < 1.29 is 13.2 Å². The van der Waals surface area contributed by atoms with E-state index < -0.39 is 15.9 Å². The molecule has 1 atom stereocenters. The molecule has 0 saturated carbocycles. The molecule has 1 aliphatic rings. The summed E-state index contributed by atoms with van der Waals surface area (Å²) >= 11 is 12.1. The van der Waals surface area contributed by atoms with E-state index >= 15 is 0 Å². The van der Waals surface area contributed by atoms with Gasteiger partial charge in [0.15, 0.2) is 0 Å². The number of hydrogen-bond acceptors (Lipinski definition) is 3. The van der Waals surface area contributed by atoms with Gasteiger partial charge in [-0.15, -0.1) is 0 Å². The molecule has 1 N–H and O–H groups in total. The molecule has 1 aliphatic heterocycles. The first kappa shape index (κ1) is 23.1. The van der Waals surface area contributed by atoms with Crippen molar-refractivity contribution in [1.29, 1.82) is 0 Å². The Kier molecular flexibility index (Phi) is 7.45. The topological polar surface area (TPSA) is 66.5 Å². The first-order chi connectivity index (χ1) is 14.2. The van der Waals surface area contributed by atoms with Crippen LogP contribution in [0.4, 0.5) is 5.69 Å². The number of anilines is 1. The molecule has 2 aromatic rings. The van der Waals surface area contributed by atoms with Crippen LogP contribution < -0.4 is 5.32 Å². The van der Waals surface area contributed by atoms with Crippen LogP contribution in [0, 0.1) is 5.92 Å². The van der Waals surface area contributed by atoms with Gasteiger partial charge in [-0.2, -0.15) is 0 Å². The van der Waals surface area contributed by atoms with Crippen molar-refractivity contribution in [2.24, 2.45) is 5.92 Å². The summed E-state index contributed by atoms with van der Waals surface area (Å²) in [6.07, 6.45) is 1.29. The van der Waals surface area contributed by atoms with Crippen LogP contribution in [0.2, 0.25) is 10.0 Å². The molecule has 0 aromatic heterocycles. The molecule has 0 bridgehead atoms. The van der Waals surface area contributed by atoms with E-state index in [4.69, 9.17) is 23.2 Å². The molecule has 3 rings (SSSR count). The molecule has 1 saturated heterocycles. The van der Waals surface area contributed by atoms with Crippen LogP contribution in [-0.4, -0.2) is 31.7 Å². The highest BCUT2D eigenvalue weighted by Crippen LogP contribution is 2.28. The number of carbonyl (C=O) groups is 1. The Morgan fingerprint density at radius 2 is 1.93 bits per heavy atom. The lowest BCUT2D eigenvalue weighted by molar-refractivity contribution is -0.120. The van der Waals surface area contributed by atoms with E-state index in [0.29, 0.717) is 35.0 Å². The van der Waals surface area contributed by atoms with Crippen LogP contribution in [-0.2, 0) is 20.6 Å². The van der Waals surface area contributed by atoms with Gasteiger partial charge in [0, 0.05) is 28.8 Å². The summed E-state index contributed by atoms with van der Waals surface area (Å²) in [6, 6.07) is 12.5. The van der Waals surface area contributed by atoms with Gasteiger partial charge in [0.25, 0.3) is 0 Å². The van der Waals surface area contributed by atoms with Crippen LogP contribution in [0.25, 0.3) is 0 Å². The number of rotatable bonds is 6. The Hall–Kier alpha value is -1.60. The second-order valence-corrected chi connectivity index (χ2v) is 10.7. The maximum atomic E-state index is 13.0. The lowest BCUT2D eigenvalue weighted by Gasteiger charge is -2.31. The van der Waals surface area contributed by atoms with Gasteiger partial charge >= 0.3 is 0 Å². The Balaban J connectivity index is 1.70. The molecule has 0 radical (unpaired) electrons. The molecule has 0 spiro atoms. The van der Waals surface area contributed by atoms with Crippen LogP contribution in [0.15, 0.2) is 42.5 Å². The summed E-state index contributed by atoms with van der Waals surface area (Å²) in [7, 11) is -3.61. The molecular formula is C22H26Cl2N2O3S. The van der Waals surface area contributed by atoms with Crippen molar-refractivity contribution >= 4 is 44.8 Å². The van der Waals surface area contributed by atoms with Gasteiger partial charge in [-0.1, -0.05) is 61.3 Å². The third kappa shape index (κ3) is 5.55. The Bertz CT molecular complexity index is 1020. The van der Waals surface area contributed by atoms with Crippen LogP contribution >= 0.6 is 23.2 Å². The maximum absolute atomic E-state index is 13.0. The molecule has 5 nitrogen and oxygen atoms in total. The van der Waals surface area contributed by atoms with Crippen LogP contribution in [0.3, 0.4) is 0 Å². The minimum Gasteiger partial charge on any atom is -0.326 e. The smallest absolute Gasteiger partial charge is 0.228 e. The van der Waals surface area contributed by atoms with E-state index in [-0.39, 0.29) is 24.1 Å². The summed E-state index contributed by atoms with van der Waals surface area (Å²) in [6.45, 7) is 4.72. The predicted molar refractivity (Wildman–Crippen MR) is 123 cm³/mol. The number of carbonyl (C=O) groups excluding carboxylic acids is 1. The van der Waals surface area contributed by atoms with Gasteiger partial charge in [0.1, 0.15) is 0 Å². The number of hydrogen-bond donors (Lipinski definition) is 1. The first-order valence-corrected chi connectivity index (χ1v) is 12.4. The van der Waals surface area contributed by atoms with E-state index in [1.165, 1.54) is 10.4 Å². The number of piperidine rings is 1. The Morgan fingerprint density at radius 1 is 1.20 bits per heavy atom. The highest BCUT2D eigenvalue weighted by molar-refractivity contribution is 7.88. The fourth-order valence-corrected chi connectivity index (χ4v) is 5.88. The summed E-state index contributed by atoms with van der Waals surface area (Å²) in [4.78, 5) is 12.9. The quantitative estimate of drug-likeness (QED) is 0.625. The summed E-state index contributed by atoms with van der Waals surface area (Å²) < 4.78 is 27.3. The zero-order chi connectivity index (χ0) is 21.9. The van der Waals surface area contributed by atoms with Gasteiger partial charge in [-0.25, -0.2) is 12.7 Å². The van der Waals surface area contributed by atoms with Gasteiger partial charge < -0.3 is 5.32 Å². The van der Waals surface area contributed by atoms with E-state index in [0.717, 1.165) is 11.3 Å². The van der Waals surface area contributed by atoms with E-state index in [2.05, 4.69) is 19.2 Å². The van der Waals surface area contributed by atoms with Crippen LogP contribution in [0.1, 0.15) is 43.7 Å². The number of halogens is 2. The molecule has 0 aliphatic carbocycles. The standard InChI is InChI=1S/C22H26Cl2N2O3S/c1-15(2)19-7-3-4-8-21(19)25-22(27)16-6-5-11-26(13-16)30(28,29)14-17-9-10-18(23)12-20(17)24/h3-4,7-10,12,15-16H,5-6,11,13-14H2,1-2H3,(H,25,27). The van der Waals surface area contributed by atoms with Crippen molar-refractivity contribution in [3.63, 3.8) is 0 Å². The molecule has 30 heavy (non-hydrogen) atoms. The zero-order valence-corrected chi connectivity index (χ0v) is 19.4. The largest absolute Gasteiger partial charge is 0.326 e. The number of para-hydroxylation sites is 1. The molecule has 2 aromatic carbocycles. The van der Waals surface area contributed by atoms with Gasteiger partial charge in [-0.3, -0.25) is 4.79 Å². The highest BCUT2D eigenvalue weighted by Gasteiger charge is 2.33. The van der Waals surface area contributed by atoms with E-state index in [1.54, 1.807) is 12.1 Å². The number of sulfonamides is 1. The molecule has 1 fully saturated rings. The fourth-order valence-electron chi connectivity index (χ4n) is 3.68. The summed E-state index contributed by atoms with van der Waals surface area (Å²) in [5.74, 6) is -0.483. The van der Waals surface area contributed by atoms with Crippen molar-refractivity contribution in [1.82, 2.24) is 4.31 Å². The lowest BCUT2D eigenvalue weighted by atomic mass is 9.97. The van der Waals surface area contributed by atoms with Crippen molar-refractivity contribution in [3.8, 4) is 0 Å².